The first kappa shape index (κ1) is 18.5. The molecule has 1 aromatic carbocycles. The molecule has 2 amide bonds. The van der Waals surface area contributed by atoms with Gasteiger partial charge in [-0.1, -0.05) is 0 Å². The van der Waals surface area contributed by atoms with Gasteiger partial charge in [-0.2, -0.15) is 8.78 Å². The summed E-state index contributed by atoms with van der Waals surface area (Å²) in [5.41, 5.74) is 1.08. The summed E-state index contributed by atoms with van der Waals surface area (Å²) in [7, 11) is 1.11. The van der Waals surface area contributed by atoms with Crippen LogP contribution in [0.2, 0.25) is 0 Å². The first-order valence-electron chi connectivity index (χ1n) is 7.46. The first-order chi connectivity index (χ1) is 11.8. The Hall–Kier alpha value is -2.87. The lowest BCUT2D eigenvalue weighted by Gasteiger charge is -2.22. The van der Waals surface area contributed by atoms with E-state index in [4.69, 9.17) is 5.11 Å². The molecule has 0 saturated carbocycles. The molecule has 0 saturated heterocycles. The smallest absolute Gasteiger partial charge is 0.328 e. The molecule has 0 aliphatic carbocycles. The van der Waals surface area contributed by atoms with Crippen LogP contribution in [0.5, 0.6) is 0 Å². The highest BCUT2D eigenvalue weighted by Gasteiger charge is 2.39. The molecule has 1 aromatic heterocycles. The highest BCUT2D eigenvalue weighted by Crippen LogP contribution is 2.21. The van der Waals surface area contributed by atoms with Crippen molar-refractivity contribution in [3.63, 3.8) is 0 Å². The molecule has 2 rings (SSSR count). The molecule has 6 nitrogen and oxygen atoms in total. The number of amides is 2. The molecular formula is C17H17F2N3O3. The lowest BCUT2D eigenvalue weighted by molar-refractivity contribution is -0.202. The Morgan fingerprint density at radius 2 is 1.80 bits per heavy atom. The topological polar surface area (TPSA) is 73.7 Å². The fraction of sp³-hybridized carbons (Fsp3) is 0.235. The van der Waals surface area contributed by atoms with Crippen LogP contribution in [-0.4, -0.2) is 41.6 Å². The quantitative estimate of drug-likeness (QED) is 0.899. The van der Waals surface area contributed by atoms with Gasteiger partial charge in [0.2, 0.25) is 0 Å². The standard InChI is InChI=1S/C17H17F2N3O3/c1-3-22(14-5-4-10-20-11-14)15(23)12-6-8-13(9-7-12)21(2)16(24)17(18,19)25/h4-11,25H,3H2,1-2H3. The number of nitrogens with zero attached hydrogens (tertiary/aromatic N) is 3. The Morgan fingerprint density at radius 1 is 1.16 bits per heavy atom. The minimum Gasteiger partial charge on any atom is -0.328 e. The van der Waals surface area contributed by atoms with Gasteiger partial charge in [0.05, 0.1) is 11.9 Å². The number of rotatable bonds is 5. The zero-order valence-electron chi connectivity index (χ0n) is 13.7. The highest BCUT2D eigenvalue weighted by molar-refractivity contribution is 6.06. The monoisotopic (exact) mass is 349 g/mol. The molecule has 0 unspecified atom stereocenters. The van der Waals surface area contributed by atoms with Crippen LogP contribution in [0.25, 0.3) is 0 Å². The van der Waals surface area contributed by atoms with Gasteiger partial charge in [-0.3, -0.25) is 14.6 Å². The summed E-state index contributed by atoms with van der Waals surface area (Å²) in [5.74, 6) is -2.04. The van der Waals surface area contributed by atoms with Crippen LogP contribution in [0.4, 0.5) is 20.2 Å². The van der Waals surface area contributed by atoms with E-state index in [1.165, 1.54) is 29.2 Å². The van der Waals surface area contributed by atoms with Gasteiger partial charge in [0.25, 0.3) is 5.91 Å². The van der Waals surface area contributed by atoms with Crippen molar-refractivity contribution in [2.24, 2.45) is 0 Å². The average Bonchev–Trinajstić information content (AvgIpc) is 2.61. The third-order valence-corrected chi connectivity index (χ3v) is 3.58. The van der Waals surface area contributed by atoms with E-state index in [1.54, 1.807) is 24.5 Å². The van der Waals surface area contributed by atoms with E-state index in [1.807, 2.05) is 6.92 Å². The molecule has 0 fully saturated rings. The average molecular weight is 349 g/mol. The number of alkyl halides is 2. The van der Waals surface area contributed by atoms with Crippen molar-refractivity contribution < 1.29 is 23.5 Å². The maximum atomic E-state index is 12.7. The molecule has 1 heterocycles. The van der Waals surface area contributed by atoms with E-state index in [9.17, 15) is 18.4 Å². The second kappa shape index (κ2) is 7.35. The van der Waals surface area contributed by atoms with E-state index in [0.717, 1.165) is 7.05 Å². The number of halogens is 2. The number of carbonyl (C=O) groups excluding carboxylic acids is 2. The number of likely N-dealkylation sites (N-methyl/N-ethyl adjacent to an activating group) is 1. The van der Waals surface area contributed by atoms with Crippen molar-refractivity contribution in [2.75, 3.05) is 23.4 Å². The lowest BCUT2D eigenvalue weighted by atomic mass is 10.1. The van der Waals surface area contributed by atoms with Crippen molar-refractivity contribution in [1.82, 2.24) is 4.98 Å². The number of benzene rings is 1. The van der Waals surface area contributed by atoms with Crippen LogP contribution in [0.1, 0.15) is 17.3 Å². The summed E-state index contributed by atoms with van der Waals surface area (Å²) in [6.45, 7) is 2.23. The molecule has 0 atom stereocenters. The summed E-state index contributed by atoms with van der Waals surface area (Å²) in [6.07, 6.45) is -1.30. The molecule has 0 aliphatic rings. The maximum absolute atomic E-state index is 12.7. The van der Waals surface area contributed by atoms with Gasteiger partial charge in [0, 0.05) is 31.0 Å². The lowest BCUT2D eigenvalue weighted by Crippen LogP contribution is -2.41. The molecule has 0 aliphatic heterocycles. The van der Waals surface area contributed by atoms with Crippen molar-refractivity contribution in [3.05, 3.63) is 54.4 Å². The molecular weight excluding hydrogens is 332 g/mol. The van der Waals surface area contributed by atoms with Crippen LogP contribution >= 0.6 is 0 Å². The van der Waals surface area contributed by atoms with Gasteiger partial charge in [-0.05, 0) is 43.3 Å². The van der Waals surface area contributed by atoms with Crippen LogP contribution in [-0.2, 0) is 4.79 Å². The van der Waals surface area contributed by atoms with Crippen LogP contribution in [0, 0.1) is 0 Å². The third kappa shape index (κ3) is 4.16. The Bertz CT molecular complexity index is 746. The van der Waals surface area contributed by atoms with Gasteiger partial charge in [0.15, 0.2) is 0 Å². The highest BCUT2D eigenvalue weighted by atomic mass is 19.3. The molecule has 1 N–H and O–H groups in total. The number of anilines is 2. The van der Waals surface area contributed by atoms with Crippen molar-refractivity contribution in [1.29, 1.82) is 0 Å². The molecule has 25 heavy (non-hydrogen) atoms. The summed E-state index contributed by atoms with van der Waals surface area (Å²) < 4.78 is 25.4. The Morgan fingerprint density at radius 3 is 2.28 bits per heavy atom. The number of aromatic nitrogens is 1. The van der Waals surface area contributed by atoms with Gasteiger partial charge in [-0.15, -0.1) is 0 Å². The fourth-order valence-electron chi connectivity index (χ4n) is 2.26. The predicted octanol–water partition coefficient (Wildman–Crippen LogP) is 2.30. The number of pyridine rings is 1. The minimum atomic E-state index is -4.46. The van der Waals surface area contributed by atoms with Crippen molar-refractivity contribution in [3.8, 4) is 0 Å². The number of hydrogen-bond acceptors (Lipinski definition) is 4. The van der Waals surface area contributed by atoms with E-state index < -0.39 is 12.0 Å². The Kier molecular flexibility index (Phi) is 5.43. The molecule has 0 spiro atoms. The van der Waals surface area contributed by atoms with Crippen LogP contribution < -0.4 is 9.80 Å². The fourth-order valence-corrected chi connectivity index (χ4v) is 2.26. The second-order valence-corrected chi connectivity index (χ2v) is 5.21. The van der Waals surface area contributed by atoms with E-state index in [2.05, 4.69) is 4.98 Å². The summed E-state index contributed by atoms with van der Waals surface area (Å²) >= 11 is 0. The number of carbonyl (C=O) groups is 2. The van der Waals surface area contributed by atoms with Gasteiger partial charge < -0.3 is 14.9 Å². The largest absolute Gasteiger partial charge is 0.434 e. The molecule has 2 aromatic rings. The summed E-state index contributed by atoms with van der Waals surface area (Å²) in [4.78, 5) is 30.1. The van der Waals surface area contributed by atoms with Gasteiger partial charge in [0.1, 0.15) is 0 Å². The zero-order valence-corrected chi connectivity index (χ0v) is 13.7. The van der Waals surface area contributed by atoms with Crippen LogP contribution in [0.3, 0.4) is 0 Å². The van der Waals surface area contributed by atoms with E-state index in [-0.39, 0.29) is 11.6 Å². The van der Waals surface area contributed by atoms with Crippen molar-refractivity contribution in [2.45, 2.75) is 13.0 Å². The van der Waals surface area contributed by atoms with E-state index in [0.29, 0.717) is 22.7 Å². The zero-order chi connectivity index (χ0) is 18.6. The molecule has 132 valence electrons. The van der Waals surface area contributed by atoms with Crippen molar-refractivity contribution >= 4 is 23.2 Å². The first-order valence-corrected chi connectivity index (χ1v) is 7.46. The molecule has 8 heteroatoms. The van der Waals surface area contributed by atoms with Gasteiger partial charge >= 0.3 is 12.0 Å². The van der Waals surface area contributed by atoms with Gasteiger partial charge in [-0.25, -0.2) is 0 Å². The minimum absolute atomic E-state index is 0.125. The predicted molar refractivity (Wildman–Crippen MR) is 88.6 cm³/mol. The Labute approximate surface area is 143 Å². The number of hydrogen-bond donors (Lipinski definition) is 1. The second-order valence-electron chi connectivity index (χ2n) is 5.21. The normalized spacial score (nSPS) is 11.1. The summed E-state index contributed by atoms with van der Waals surface area (Å²) in [6, 6.07) is 9.02. The SMILES string of the molecule is CCN(C(=O)c1ccc(N(C)C(=O)C(O)(F)F)cc1)c1cccnc1. The Balaban J connectivity index is 2.21. The third-order valence-electron chi connectivity index (χ3n) is 3.58. The molecule has 0 radical (unpaired) electrons. The maximum Gasteiger partial charge on any atom is 0.434 e. The van der Waals surface area contributed by atoms with Crippen LogP contribution in [0.15, 0.2) is 48.8 Å². The number of aliphatic hydroxyl groups is 1. The summed E-state index contributed by atoms with van der Waals surface area (Å²) in [5, 5.41) is 8.50. The molecule has 0 bridgehead atoms. The van der Waals surface area contributed by atoms with E-state index >= 15 is 0 Å².